The van der Waals surface area contributed by atoms with E-state index < -0.39 is 8.07 Å². The molecule has 2 heterocycles. The summed E-state index contributed by atoms with van der Waals surface area (Å²) in [5, 5.41) is 5.59. The molecule has 0 saturated carbocycles. The molecule has 4 heteroatoms. The molecule has 6 aromatic rings. The van der Waals surface area contributed by atoms with Gasteiger partial charge in [-0.1, -0.05) is 135 Å². The van der Waals surface area contributed by atoms with Gasteiger partial charge in [0.1, 0.15) is 5.69 Å². The largest absolute Gasteiger partial charge is 0.350 e. The number of aromatic nitrogens is 1. The van der Waals surface area contributed by atoms with Crippen molar-refractivity contribution >= 4 is 30.3 Å². The molecule has 1 aliphatic rings. The number of fused-ring (bicyclic) bond motifs is 3. The minimum atomic E-state index is -1.65. The lowest BCUT2D eigenvalue weighted by atomic mass is 9.78. The topological polar surface area (TPSA) is 15.9 Å². The van der Waals surface area contributed by atoms with Crippen molar-refractivity contribution < 1.29 is 4.57 Å². The minimum absolute atomic E-state index is 0.0165. The van der Waals surface area contributed by atoms with E-state index >= 15 is 0 Å². The third-order valence-electron chi connectivity index (χ3n) is 12.8. The smallest absolute Gasteiger partial charge is 0.238 e. The summed E-state index contributed by atoms with van der Waals surface area (Å²) in [5.41, 5.74) is 19.9. The van der Waals surface area contributed by atoms with Gasteiger partial charge in [0.05, 0.1) is 33.8 Å². The number of hydrogen-bond donors (Lipinski definition) is 1. The molecule has 3 nitrogen and oxygen atoms in total. The van der Waals surface area contributed by atoms with E-state index in [1.165, 1.54) is 77.8 Å². The fourth-order valence-corrected chi connectivity index (χ4v) is 10.6. The van der Waals surface area contributed by atoms with Crippen molar-refractivity contribution in [3.05, 3.63) is 186 Å². The molecule has 0 fully saturated rings. The highest BCUT2D eigenvalue weighted by Crippen LogP contribution is 2.49. The molecule has 1 N–H and O–H groups in total. The Morgan fingerprint density at radius 1 is 0.712 bits per heavy atom. The van der Waals surface area contributed by atoms with Crippen LogP contribution in [0.15, 0.2) is 158 Å². The van der Waals surface area contributed by atoms with Crippen LogP contribution in [0, 0.1) is 27.7 Å². The van der Waals surface area contributed by atoms with Gasteiger partial charge >= 0.3 is 0 Å². The Bertz CT molecular complexity index is 2490. The third kappa shape index (κ3) is 7.97. The summed E-state index contributed by atoms with van der Waals surface area (Å²) >= 11 is 0. The van der Waals surface area contributed by atoms with Gasteiger partial charge in [-0.15, -0.1) is 0 Å². The zero-order valence-corrected chi connectivity index (χ0v) is 38.1. The second kappa shape index (κ2) is 16.6. The number of nitrogens with one attached hydrogen (secondary N) is 1. The van der Waals surface area contributed by atoms with Crippen molar-refractivity contribution in [1.29, 1.82) is 0 Å². The number of rotatable bonds is 12. The average molecular weight is 794 g/mol. The van der Waals surface area contributed by atoms with E-state index in [0.29, 0.717) is 4.48 Å². The standard InChI is InChI=1S/C55H63N3Si/c1-13-21-37(2)32-34-46-44-26-14-15-27-45(44)50-35-33-43(59(10,11)12)36-57(50)55(46)42(7)58(8,9)51-31-17-16-30-49(51)56-54-47(52-38(3)22-18-23-39(52)4)28-20-29-48(54)53-40(5)24-19-25-41(53)6/h13-31,33,35-36,46,55-56H,1,7,32,34H2,2-6,8-12H3/q+2/b37-21+. The highest BCUT2D eigenvalue weighted by atomic mass is 28.3. The zero-order valence-electron chi connectivity index (χ0n) is 37.1. The molecule has 5 aromatic carbocycles. The maximum atomic E-state index is 5.13. The van der Waals surface area contributed by atoms with Gasteiger partial charge in [0.2, 0.25) is 11.7 Å². The quantitative estimate of drug-likeness (QED) is 0.0565. The number of hydrogen-bond acceptors (Lipinski definition) is 1. The Kier molecular flexibility index (Phi) is 11.7. The van der Waals surface area contributed by atoms with E-state index in [0.717, 1.165) is 29.9 Å². The maximum absolute atomic E-state index is 5.13. The number of para-hydroxylation sites is 3. The fraction of sp³-hybridized carbons (Fsp3) is 0.255. The summed E-state index contributed by atoms with van der Waals surface area (Å²) in [5.74, 6) is 0.221. The van der Waals surface area contributed by atoms with Gasteiger partial charge in [0.25, 0.3) is 0 Å². The Morgan fingerprint density at radius 2 is 1.25 bits per heavy atom. The van der Waals surface area contributed by atoms with Crippen molar-refractivity contribution in [3.8, 4) is 33.5 Å². The highest BCUT2D eigenvalue weighted by Gasteiger charge is 2.48. The van der Waals surface area contributed by atoms with Gasteiger partial charge in [-0.3, -0.25) is 4.48 Å². The van der Waals surface area contributed by atoms with Crippen molar-refractivity contribution in [3.63, 3.8) is 0 Å². The Balaban J connectivity index is 1.41. The van der Waals surface area contributed by atoms with Gasteiger partial charge in [-0.05, 0) is 105 Å². The first-order valence-corrected chi connectivity index (χ1v) is 24.7. The number of allylic oxidation sites excluding steroid dienone is 4. The summed E-state index contributed by atoms with van der Waals surface area (Å²) < 4.78 is 3.10. The van der Waals surface area contributed by atoms with Crippen LogP contribution in [-0.4, -0.2) is 22.2 Å². The number of aryl methyl sites for hydroxylation is 4. The highest BCUT2D eigenvalue weighted by molar-refractivity contribution is 6.88. The second-order valence-corrected chi connectivity index (χ2v) is 23.3. The van der Waals surface area contributed by atoms with E-state index in [4.69, 9.17) is 6.58 Å². The molecule has 0 saturated heterocycles. The van der Waals surface area contributed by atoms with Gasteiger partial charge < -0.3 is 5.32 Å². The number of quaternary nitrogens is 1. The summed E-state index contributed by atoms with van der Waals surface area (Å²) in [6, 6.07) is 42.8. The molecule has 0 spiro atoms. The predicted octanol–water partition coefficient (Wildman–Crippen LogP) is 13.8. The first-order chi connectivity index (χ1) is 28.1. The zero-order chi connectivity index (χ0) is 42.2. The van der Waals surface area contributed by atoms with Crippen LogP contribution in [0.1, 0.15) is 59.5 Å². The third-order valence-corrected chi connectivity index (χ3v) is 14.8. The van der Waals surface area contributed by atoms with Crippen LogP contribution in [0.5, 0.6) is 0 Å². The monoisotopic (exact) mass is 793 g/mol. The van der Waals surface area contributed by atoms with E-state index in [9.17, 15) is 0 Å². The van der Waals surface area contributed by atoms with Crippen molar-refractivity contribution in [1.82, 2.24) is 4.48 Å². The molecule has 0 amide bonds. The maximum Gasteiger partial charge on any atom is 0.238 e. The van der Waals surface area contributed by atoms with Gasteiger partial charge in [-0.2, -0.15) is 4.57 Å². The predicted molar refractivity (Wildman–Crippen MR) is 259 cm³/mol. The molecule has 1 aliphatic heterocycles. The number of anilines is 2. The normalized spacial score (nSPS) is 15.3. The molecule has 2 atom stereocenters. The number of nitrogens with zero attached hydrogens (tertiary/aromatic N) is 2. The molecule has 0 radical (unpaired) electrons. The summed E-state index contributed by atoms with van der Waals surface area (Å²) in [7, 11) is 3.01. The SMILES string of the molecule is C=C/C=C(\C)CCC1c2ccccc2-c2ccc([Si](C)(C)C)c[n+]2C1C(=C)[N+](C)(C)c1ccccc1Nc1c(-c2c(C)cccc2C)cccc1-c1c(C)cccc1C. The van der Waals surface area contributed by atoms with Crippen LogP contribution in [0.3, 0.4) is 0 Å². The fourth-order valence-electron chi connectivity index (χ4n) is 9.48. The van der Waals surface area contributed by atoms with E-state index in [-0.39, 0.29) is 12.0 Å². The van der Waals surface area contributed by atoms with Crippen LogP contribution in [0.2, 0.25) is 19.6 Å². The Morgan fingerprint density at radius 3 is 1.85 bits per heavy atom. The van der Waals surface area contributed by atoms with Gasteiger partial charge in [-0.25, -0.2) is 0 Å². The minimum Gasteiger partial charge on any atom is -0.350 e. The van der Waals surface area contributed by atoms with Crippen LogP contribution in [0.4, 0.5) is 17.1 Å². The molecule has 0 aliphatic carbocycles. The van der Waals surface area contributed by atoms with Crippen molar-refractivity contribution in [2.75, 3.05) is 19.4 Å². The van der Waals surface area contributed by atoms with E-state index in [1.807, 2.05) is 6.08 Å². The lowest BCUT2D eigenvalue weighted by Gasteiger charge is -2.39. The van der Waals surface area contributed by atoms with Gasteiger partial charge in [0, 0.05) is 34.0 Å². The average Bonchev–Trinajstić information content (AvgIpc) is 3.20. The molecule has 59 heavy (non-hydrogen) atoms. The van der Waals surface area contributed by atoms with Gasteiger partial charge in [0.15, 0.2) is 17.6 Å². The Labute approximate surface area is 355 Å². The molecule has 1 aromatic heterocycles. The summed E-state index contributed by atoms with van der Waals surface area (Å²) in [6.45, 7) is 27.6. The number of likely N-dealkylation sites (N-methyl/N-ethyl adjacent to an activating group) is 1. The first-order valence-electron chi connectivity index (χ1n) is 21.2. The number of pyridine rings is 1. The first kappa shape index (κ1) is 41.6. The molecular weight excluding hydrogens is 731 g/mol. The van der Waals surface area contributed by atoms with Crippen LogP contribution in [-0.2, 0) is 0 Å². The van der Waals surface area contributed by atoms with Crippen molar-refractivity contribution in [2.45, 2.75) is 79.1 Å². The Hall–Kier alpha value is -5.55. The van der Waals surface area contributed by atoms with Crippen LogP contribution in [0.25, 0.3) is 33.5 Å². The molecule has 300 valence electrons. The van der Waals surface area contributed by atoms with E-state index in [1.54, 1.807) is 0 Å². The van der Waals surface area contributed by atoms with Crippen LogP contribution < -0.4 is 19.6 Å². The lowest BCUT2D eigenvalue weighted by molar-refractivity contribution is -0.710. The lowest BCUT2D eigenvalue weighted by Crippen LogP contribution is -2.57. The number of benzene rings is 5. The molecule has 0 bridgehead atoms. The molecule has 7 rings (SSSR count). The second-order valence-electron chi connectivity index (χ2n) is 18.2. The van der Waals surface area contributed by atoms with E-state index in [2.05, 4.69) is 212 Å². The molecule has 2 unspecified atom stereocenters. The van der Waals surface area contributed by atoms with Crippen molar-refractivity contribution in [2.24, 2.45) is 0 Å². The van der Waals surface area contributed by atoms with Crippen LogP contribution >= 0.6 is 0 Å². The molecular formula is C55H63N3Si+2. The summed E-state index contributed by atoms with van der Waals surface area (Å²) in [6.07, 6.45) is 8.55. The summed E-state index contributed by atoms with van der Waals surface area (Å²) in [4.78, 5) is 0.